The summed E-state index contributed by atoms with van der Waals surface area (Å²) >= 11 is 0. The van der Waals surface area contributed by atoms with Gasteiger partial charge in [0.25, 0.3) is 0 Å². The summed E-state index contributed by atoms with van der Waals surface area (Å²) in [5, 5.41) is 6.18. The molecule has 1 heterocycles. The van der Waals surface area contributed by atoms with E-state index < -0.39 is 0 Å². The molecule has 2 aliphatic rings. The van der Waals surface area contributed by atoms with Gasteiger partial charge in [-0.3, -0.25) is 9.59 Å². The topological polar surface area (TPSA) is 61.4 Å². The van der Waals surface area contributed by atoms with Crippen LogP contribution in [0.5, 0.6) is 0 Å². The Morgan fingerprint density at radius 3 is 2.50 bits per heavy atom. The summed E-state index contributed by atoms with van der Waals surface area (Å²) in [7, 11) is 1.95. The number of nitrogens with zero attached hydrogens (tertiary/aromatic N) is 1. The van der Waals surface area contributed by atoms with E-state index in [0.717, 1.165) is 50.0 Å². The zero-order valence-corrected chi connectivity index (χ0v) is 14.9. The minimum absolute atomic E-state index is 0. The van der Waals surface area contributed by atoms with Gasteiger partial charge >= 0.3 is 0 Å². The Hall–Kier alpha value is -1.59. The van der Waals surface area contributed by atoms with Crippen LogP contribution in [0, 0.1) is 5.92 Å². The van der Waals surface area contributed by atoms with E-state index >= 15 is 0 Å². The van der Waals surface area contributed by atoms with Crippen molar-refractivity contribution in [1.29, 1.82) is 0 Å². The summed E-state index contributed by atoms with van der Waals surface area (Å²) in [5.74, 6) is 0.496. The minimum Gasteiger partial charge on any atom is -0.341 e. The summed E-state index contributed by atoms with van der Waals surface area (Å²) in [5.41, 5.74) is 1.80. The van der Waals surface area contributed by atoms with Crippen molar-refractivity contribution in [2.75, 3.05) is 25.5 Å². The second kappa shape index (κ2) is 8.49. The molecule has 0 aromatic heterocycles. The lowest BCUT2D eigenvalue weighted by atomic mass is 10.0. The normalized spacial score (nSPS) is 20.2. The highest BCUT2D eigenvalue weighted by molar-refractivity contribution is 5.94. The molecule has 24 heavy (non-hydrogen) atoms. The van der Waals surface area contributed by atoms with Gasteiger partial charge in [-0.15, -0.1) is 12.4 Å². The zero-order chi connectivity index (χ0) is 16.2. The van der Waals surface area contributed by atoms with Crippen molar-refractivity contribution in [3.8, 4) is 0 Å². The van der Waals surface area contributed by atoms with Gasteiger partial charge in [0, 0.05) is 30.7 Å². The molecule has 1 aromatic carbocycles. The summed E-state index contributed by atoms with van der Waals surface area (Å²) < 4.78 is 0. The Bertz CT molecular complexity index is 572. The molecule has 1 aromatic rings. The van der Waals surface area contributed by atoms with E-state index in [1.165, 1.54) is 0 Å². The quantitative estimate of drug-likeness (QED) is 0.855. The Morgan fingerprint density at radius 1 is 1.17 bits per heavy atom. The first-order chi connectivity index (χ1) is 11.2. The number of likely N-dealkylation sites (N-methyl/N-ethyl adjacent to an activating group) is 1. The molecule has 1 saturated carbocycles. The number of hydrogen-bond acceptors (Lipinski definition) is 3. The fraction of sp³-hybridized carbons (Fsp3) is 0.556. The number of piperidine rings is 1. The zero-order valence-electron chi connectivity index (χ0n) is 14.1. The van der Waals surface area contributed by atoms with Gasteiger partial charge in [0.15, 0.2) is 0 Å². The van der Waals surface area contributed by atoms with Crippen LogP contribution >= 0.6 is 12.4 Å². The molecule has 1 unspecified atom stereocenters. The second-order valence-electron chi connectivity index (χ2n) is 6.60. The van der Waals surface area contributed by atoms with Crippen LogP contribution in [0.2, 0.25) is 0 Å². The Labute approximate surface area is 149 Å². The standard InChI is InChI=1S/C18H25N3O2.ClH/c1-19-16-3-2-10-21(12-16)17(22)11-13-4-8-15(9-5-13)20-18(23)14-6-7-14;/h4-5,8-9,14,16,19H,2-3,6-7,10-12H2,1H3,(H,20,23);1H. The average Bonchev–Trinajstić information content (AvgIpc) is 3.41. The maximum atomic E-state index is 12.4. The number of halogens is 1. The number of anilines is 1. The molecular weight excluding hydrogens is 326 g/mol. The predicted molar refractivity (Wildman–Crippen MR) is 97.4 cm³/mol. The number of hydrogen-bond donors (Lipinski definition) is 2. The molecule has 2 N–H and O–H groups in total. The fourth-order valence-electron chi connectivity index (χ4n) is 3.02. The van der Waals surface area contributed by atoms with Crippen molar-refractivity contribution in [3.05, 3.63) is 29.8 Å². The van der Waals surface area contributed by atoms with E-state index in [2.05, 4.69) is 10.6 Å². The van der Waals surface area contributed by atoms with Gasteiger partial charge in [-0.2, -0.15) is 0 Å². The number of likely N-dealkylation sites (tertiary alicyclic amines) is 1. The van der Waals surface area contributed by atoms with Gasteiger partial charge < -0.3 is 15.5 Å². The molecular formula is C18H26ClN3O2. The van der Waals surface area contributed by atoms with E-state index in [1.807, 2.05) is 36.2 Å². The molecule has 132 valence electrons. The van der Waals surface area contributed by atoms with Gasteiger partial charge in [-0.25, -0.2) is 0 Å². The van der Waals surface area contributed by atoms with Gasteiger partial charge in [0.2, 0.25) is 11.8 Å². The number of amides is 2. The molecule has 1 atom stereocenters. The highest BCUT2D eigenvalue weighted by Crippen LogP contribution is 2.30. The molecule has 6 heteroatoms. The Morgan fingerprint density at radius 2 is 1.88 bits per heavy atom. The van der Waals surface area contributed by atoms with Crippen LogP contribution in [-0.2, 0) is 16.0 Å². The molecule has 5 nitrogen and oxygen atoms in total. The van der Waals surface area contributed by atoms with Crippen LogP contribution in [0.1, 0.15) is 31.2 Å². The third kappa shape index (κ3) is 4.95. The van der Waals surface area contributed by atoms with Crippen molar-refractivity contribution in [2.45, 2.75) is 38.1 Å². The number of carbonyl (C=O) groups is 2. The van der Waals surface area contributed by atoms with Crippen LogP contribution < -0.4 is 10.6 Å². The Balaban J connectivity index is 0.00000208. The van der Waals surface area contributed by atoms with E-state index in [0.29, 0.717) is 12.5 Å². The van der Waals surface area contributed by atoms with Gasteiger partial charge in [0.1, 0.15) is 0 Å². The van der Waals surface area contributed by atoms with Gasteiger partial charge in [-0.1, -0.05) is 12.1 Å². The van der Waals surface area contributed by atoms with E-state index in [9.17, 15) is 9.59 Å². The molecule has 2 fully saturated rings. The van der Waals surface area contributed by atoms with E-state index in [-0.39, 0.29) is 30.1 Å². The number of rotatable bonds is 5. The fourth-order valence-corrected chi connectivity index (χ4v) is 3.02. The summed E-state index contributed by atoms with van der Waals surface area (Å²) in [6.07, 6.45) is 4.62. The number of carbonyl (C=O) groups excluding carboxylic acids is 2. The molecule has 1 aliphatic heterocycles. The first kappa shape index (κ1) is 18.7. The maximum Gasteiger partial charge on any atom is 0.227 e. The van der Waals surface area contributed by atoms with Crippen molar-refractivity contribution >= 4 is 29.9 Å². The van der Waals surface area contributed by atoms with Crippen LogP contribution in [0.25, 0.3) is 0 Å². The summed E-state index contributed by atoms with van der Waals surface area (Å²) in [6, 6.07) is 8.04. The lowest BCUT2D eigenvalue weighted by Gasteiger charge is -2.32. The first-order valence-corrected chi connectivity index (χ1v) is 8.50. The molecule has 3 rings (SSSR count). The number of nitrogens with one attached hydrogen (secondary N) is 2. The van der Waals surface area contributed by atoms with Crippen molar-refractivity contribution in [1.82, 2.24) is 10.2 Å². The lowest BCUT2D eigenvalue weighted by Crippen LogP contribution is -2.47. The van der Waals surface area contributed by atoms with Crippen LogP contribution in [0.3, 0.4) is 0 Å². The molecule has 0 spiro atoms. The molecule has 2 amide bonds. The van der Waals surface area contributed by atoms with Crippen LogP contribution in [0.4, 0.5) is 5.69 Å². The average molecular weight is 352 g/mol. The van der Waals surface area contributed by atoms with Crippen molar-refractivity contribution in [3.63, 3.8) is 0 Å². The highest BCUT2D eigenvalue weighted by Gasteiger charge is 2.29. The van der Waals surface area contributed by atoms with Gasteiger partial charge in [0.05, 0.1) is 6.42 Å². The maximum absolute atomic E-state index is 12.4. The predicted octanol–water partition coefficient (Wildman–Crippen LogP) is 2.21. The summed E-state index contributed by atoms with van der Waals surface area (Å²) in [6.45, 7) is 1.65. The van der Waals surface area contributed by atoms with Crippen molar-refractivity contribution < 1.29 is 9.59 Å². The third-order valence-electron chi connectivity index (χ3n) is 4.71. The van der Waals surface area contributed by atoms with Crippen molar-refractivity contribution in [2.24, 2.45) is 5.92 Å². The van der Waals surface area contributed by atoms with Gasteiger partial charge in [-0.05, 0) is 50.4 Å². The molecule has 0 radical (unpaired) electrons. The first-order valence-electron chi connectivity index (χ1n) is 8.50. The second-order valence-corrected chi connectivity index (χ2v) is 6.60. The lowest BCUT2D eigenvalue weighted by molar-refractivity contribution is -0.131. The minimum atomic E-state index is 0. The summed E-state index contributed by atoms with van der Waals surface area (Å²) in [4.78, 5) is 26.1. The van der Waals surface area contributed by atoms with E-state index in [4.69, 9.17) is 0 Å². The molecule has 1 aliphatic carbocycles. The smallest absolute Gasteiger partial charge is 0.227 e. The SMILES string of the molecule is CNC1CCCN(C(=O)Cc2ccc(NC(=O)C3CC3)cc2)C1.Cl. The largest absolute Gasteiger partial charge is 0.341 e. The monoisotopic (exact) mass is 351 g/mol. The third-order valence-corrected chi connectivity index (χ3v) is 4.71. The molecule has 1 saturated heterocycles. The van der Waals surface area contributed by atoms with Crippen LogP contribution in [-0.4, -0.2) is 42.9 Å². The molecule has 0 bridgehead atoms. The Kier molecular flexibility index (Phi) is 6.63. The number of benzene rings is 1. The van der Waals surface area contributed by atoms with Crippen LogP contribution in [0.15, 0.2) is 24.3 Å². The highest BCUT2D eigenvalue weighted by atomic mass is 35.5. The van der Waals surface area contributed by atoms with E-state index in [1.54, 1.807) is 0 Å².